The van der Waals surface area contributed by atoms with E-state index >= 15 is 0 Å². The Kier molecular flexibility index (Phi) is 5.76. The van der Waals surface area contributed by atoms with E-state index in [1.54, 1.807) is 18.4 Å². The summed E-state index contributed by atoms with van der Waals surface area (Å²) >= 11 is 1.56. The molecule has 0 unspecified atom stereocenters. The fourth-order valence-corrected chi connectivity index (χ4v) is 4.25. The van der Waals surface area contributed by atoms with E-state index in [1.165, 1.54) is 28.8 Å². The quantitative estimate of drug-likeness (QED) is 0.850. The second-order valence-electron chi connectivity index (χ2n) is 6.59. The fraction of sp³-hybridized carbons (Fsp3) is 0.450. The van der Waals surface area contributed by atoms with E-state index in [1.807, 2.05) is 25.1 Å². The Hall–Kier alpha value is -1.85. The van der Waals surface area contributed by atoms with Crippen LogP contribution < -0.4 is 10.1 Å². The molecule has 1 aromatic carbocycles. The van der Waals surface area contributed by atoms with E-state index in [4.69, 9.17) is 4.74 Å². The fourth-order valence-electron chi connectivity index (χ4n) is 3.30. The first kappa shape index (κ1) is 18.0. The van der Waals surface area contributed by atoms with E-state index < -0.39 is 0 Å². The molecule has 1 saturated heterocycles. The Morgan fingerprint density at radius 2 is 1.92 bits per heavy atom. The average Bonchev–Trinajstić information content (AvgIpc) is 3.26. The van der Waals surface area contributed by atoms with E-state index in [-0.39, 0.29) is 11.9 Å². The van der Waals surface area contributed by atoms with Gasteiger partial charge in [0.05, 0.1) is 18.0 Å². The lowest BCUT2D eigenvalue weighted by Gasteiger charge is -2.28. The SMILES string of the molecule is COc1ccc([C@@H](CNC(=O)c2cc(C)c(C)s2)N2CCCC2)cc1. The summed E-state index contributed by atoms with van der Waals surface area (Å²) in [6.45, 7) is 6.91. The van der Waals surface area contributed by atoms with E-state index in [0.29, 0.717) is 6.54 Å². The Labute approximate surface area is 153 Å². The molecule has 1 fully saturated rings. The molecule has 2 aromatic rings. The van der Waals surface area contributed by atoms with Crippen molar-refractivity contribution in [3.63, 3.8) is 0 Å². The van der Waals surface area contributed by atoms with Crippen LogP contribution in [0.15, 0.2) is 30.3 Å². The zero-order chi connectivity index (χ0) is 17.8. The van der Waals surface area contributed by atoms with Crippen molar-refractivity contribution in [2.24, 2.45) is 0 Å². The summed E-state index contributed by atoms with van der Waals surface area (Å²) in [5.74, 6) is 0.886. The summed E-state index contributed by atoms with van der Waals surface area (Å²) in [5, 5.41) is 3.14. The zero-order valence-corrected chi connectivity index (χ0v) is 16.0. The van der Waals surface area contributed by atoms with Crippen LogP contribution in [-0.4, -0.2) is 37.6 Å². The van der Waals surface area contributed by atoms with Crippen LogP contribution in [0.25, 0.3) is 0 Å². The first-order chi connectivity index (χ1) is 12.1. The molecule has 1 amide bonds. The number of rotatable bonds is 6. The summed E-state index contributed by atoms with van der Waals surface area (Å²) in [7, 11) is 1.68. The average molecular weight is 359 g/mol. The molecular formula is C20H26N2O2S. The van der Waals surface area contributed by atoms with Crippen LogP contribution in [0.2, 0.25) is 0 Å². The molecule has 1 aliphatic rings. The number of likely N-dealkylation sites (tertiary alicyclic amines) is 1. The first-order valence-electron chi connectivity index (χ1n) is 8.81. The normalized spacial score (nSPS) is 16.0. The van der Waals surface area contributed by atoms with Crippen LogP contribution in [-0.2, 0) is 0 Å². The van der Waals surface area contributed by atoms with Gasteiger partial charge in [0, 0.05) is 11.4 Å². The topological polar surface area (TPSA) is 41.6 Å². The third kappa shape index (κ3) is 4.22. The Morgan fingerprint density at radius 3 is 2.48 bits per heavy atom. The van der Waals surface area contributed by atoms with Gasteiger partial charge >= 0.3 is 0 Å². The number of carbonyl (C=O) groups is 1. The number of ether oxygens (including phenoxy) is 1. The second-order valence-corrected chi connectivity index (χ2v) is 7.85. The largest absolute Gasteiger partial charge is 0.497 e. The number of thiophene rings is 1. The van der Waals surface area contributed by atoms with Crippen LogP contribution in [0.5, 0.6) is 5.75 Å². The zero-order valence-electron chi connectivity index (χ0n) is 15.2. The summed E-state index contributed by atoms with van der Waals surface area (Å²) in [4.78, 5) is 17.0. The van der Waals surface area contributed by atoms with Crippen molar-refractivity contribution in [3.8, 4) is 5.75 Å². The van der Waals surface area contributed by atoms with Crippen molar-refractivity contribution < 1.29 is 9.53 Å². The van der Waals surface area contributed by atoms with Gasteiger partial charge in [-0.05, 0) is 69.1 Å². The number of hydrogen-bond donors (Lipinski definition) is 1. The monoisotopic (exact) mass is 358 g/mol. The molecule has 0 bridgehead atoms. The molecular weight excluding hydrogens is 332 g/mol. The molecule has 1 atom stereocenters. The highest BCUT2D eigenvalue weighted by molar-refractivity contribution is 7.14. The second kappa shape index (κ2) is 8.02. The number of methoxy groups -OCH3 is 1. The Bertz CT molecular complexity index is 698. The minimum absolute atomic E-state index is 0.0268. The van der Waals surface area contributed by atoms with Gasteiger partial charge in [0.25, 0.3) is 5.91 Å². The summed E-state index contributed by atoms with van der Waals surface area (Å²) in [6.07, 6.45) is 2.45. The van der Waals surface area contributed by atoms with Crippen LogP contribution in [0.4, 0.5) is 0 Å². The number of benzene rings is 1. The third-order valence-electron chi connectivity index (χ3n) is 4.93. The van der Waals surface area contributed by atoms with Crippen LogP contribution in [0.3, 0.4) is 0 Å². The highest BCUT2D eigenvalue weighted by Crippen LogP contribution is 2.27. The number of aryl methyl sites for hydroxylation is 2. The van der Waals surface area contributed by atoms with E-state index in [0.717, 1.165) is 23.7 Å². The number of hydrogen-bond acceptors (Lipinski definition) is 4. The van der Waals surface area contributed by atoms with Gasteiger partial charge in [-0.15, -0.1) is 11.3 Å². The molecule has 25 heavy (non-hydrogen) atoms. The van der Waals surface area contributed by atoms with Crippen molar-refractivity contribution in [2.45, 2.75) is 32.7 Å². The van der Waals surface area contributed by atoms with Crippen molar-refractivity contribution in [1.29, 1.82) is 0 Å². The van der Waals surface area contributed by atoms with Gasteiger partial charge in [-0.1, -0.05) is 12.1 Å². The van der Waals surface area contributed by atoms with Gasteiger partial charge in [-0.3, -0.25) is 9.69 Å². The number of nitrogens with one attached hydrogen (secondary N) is 1. The summed E-state index contributed by atoms with van der Waals surface area (Å²) in [6, 6.07) is 10.4. The van der Waals surface area contributed by atoms with Gasteiger partial charge in [0.1, 0.15) is 5.75 Å². The van der Waals surface area contributed by atoms with Gasteiger partial charge in [0.15, 0.2) is 0 Å². The number of carbonyl (C=O) groups excluding carboxylic acids is 1. The Morgan fingerprint density at radius 1 is 1.24 bits per heavy atom. The standard InChI is InChI=1S/C20H26N2O2S/c1-14-12-19(25-15(14)2)20(23)21-13-18(22-10-4-5-11-22)16-6-8-17(24-3)9-7-16/h6-9,12,18H,4-5,10-11,13H2,1-3H3,(H,21,23)/t18-/m1/s1. The molecule has 1 aromatic heterocycles. The van der Waals surface area contributed by atoms with Gasteiger partial charge in [-0.2, -0.15) is 0 Å². The lowest BCUT2D eigenvalue weighted by Crippen LogP contribution is -2.36. The molecule has 0 radical (unpaired) electrons. The first-order valence-corrected chi connectivity index (χ1v) is 9.63. The van der Waals surface area contributed by atoms with E-state index in [9.17, 15) is 4.79 Å². The smallest absolute Gasteiger partial charge is 0.261 e. The van der Waals surface area contributed by atoms with Crippen LogP contribution >= 0.6 is 11.3 Å². The van der Waals surface area contributed by atoms with Crippen molar-refractivity contribution in [3.05, 3.63) is 51.2 Å². The van der Waals surface area contributed by atoms with Crippen molar-refractivity contribution in [1.82, 2.24) is 10.2 Å². The van der Waals surface area contributed by atoms with Crippen molar-refractivity contribution in [2.75, 3.05) is 26.7 Å². The highest BCUT2D eigenvalue weighted by atomic mass is 32.1. The van der Waals surface area contributed by atoms with Gasteiger partial charge < -0.3 is 10.1 Å². The minimum atomic E-state index is 0.0268. The molecule has 4 nitrogen and oxygen atoms in total. The third-order valence-corrected chi connectivity index (χ3v) is 6.08. The highest BCUT2D eigenvalue weighted by Gasteiger charge is 2.24. The summed E-state index contributed by atoms with van der Waals surface area (Å²) < 4.78 is 5.26. The maximum Gasteiger partial charge on any atom is 0.261 e. The molecule has 0 saturated carbocycles. The van der Waals surface area contributed by atoms with Crippen LogP contribution in [0.1, 0.15) is 44.6 Å². The van der Waals surface area contributed by atoms with Crippen LogP contribution in [0, 0.1) is 13.8 Å². The minimum Gasteiger partial charge on any atom is -0.497 e. The summed E-state index contributed by atoms with van der Waals surface area (Å²) in [5.41, 5.74) is 2.41. The predicted octanol–water partition coefficient (Wildman–Crippen LogP) is 3.94. The van der Waals surface area contributed by atoms with Crippen molar-refractivity contribution >= 4 is 17.2 Å². The van der Waals surface area contributed by atoms with E-state index in [2.05, 4.69) is 29.3 Å². The molecule has 0 aliphatic carbocycles. The lowest BCUT2D eigenvalue weighted by molar-refractivity contribution is 0.0942. The number of amides is 1. The lowest BCUT2D eigenvalue weighted by atomic mass is 10.1. The maximum absolute atomic E-state index is 12.5. The molecule has 5 heteroatoms. The maximum atomic E-state index is 12.5. The number of nitrogens with zero attached hydrogens (tertiary/aromatic N) is 1. The Balaban J connectivity index is 1.72. The predicted molar refractivity (Wildman–Crippen MR) is 103 cm³/mol. The molecule has 1 aliphatic heterocycles. The molecule has 1 N–H and O–H groups in total. The molecule has 0 spiro atoms. The molecule has 3 rings (SSSR count). The molecule has 134 valence electrons. The molecule has 2 heterocycles. The van der Waals surface area contributed by atoms with Gasteiger partial charge in [0.2, 0.25) is 0 Å². The van der Waals surface area contributed by atoms with Gasteiger partial charge in [-0.25, -0.2) is 0 Å².